The fraction of sp³-hybridized carbons (Fsp3) is 0.0435. The third-order valence-electron chi connectivity index (χ3n) is 10.7. The molecule has 0 amide bonds. The lowest BCUT2D eigenvalue weighted by atomic mass is 9.60. The summed E-state index contributed by atoms with van der Waals surface area (Å²) >= 11 is 0. The van der Waals surface area contributed by atoms with Gasteiger partial charge in [0.1, 0.15) is 0 Å². The predicted octanol–water partition coefficient (Wildman–Crippen LogP) is 11.2. The average Bonchev–Trinajstić information content (AvgIpc) is 3.16. The summed E-state index contributed by atoms with van der Waals surface area (Å²) in [5.74, 6) is 0.0581. The van der Waals surface area contributed by atoms with Gasteiger partial charge in [-0.15, -0.1) is 0 Å². The smallest absolute Gasteiger partial charge is 0.0998 e. The van der Waals surface area contributed by atoms with E-state index in [-0.39, 0.29) is 11.8 Å². The maximum Gasteiger partial charge on any atom is 0.0998 e. The Kier molecular flexibility index (Phi) is 5.57. The fourth-order valence-corrected chi connectivity index (χ4v) is 8.62. The SMILES string of the molecule is N#Cc1ccc2c(c1)C1c3ccccc3C2c2cc(C#N)c(-c3cccc(-c4ccc5c6ccccc6c6ccccc6c5c4)c3)cc21. The fourth-order valence-electron chi connectivity index (χ4n) is 8.62. The molecule has 2 atom stereocenters. The summed E-state index contributed by atoms with van der Waals surface area (Å²) in [5.41, 5.74) is 13.0. The molecule has 0 spiro atoms. The first-order valence-electron chi connectivity index (χ1n) is 16.4. The molecule has 2 heteroatoms. The molecule has 8 aromatic carbocycles. The van der Waals surface area contributed by atoms with Crippen molar-refractivity contribution in [2.45, 2.75) is 11.8 Å². The van der Waals surface area contributed by atoms with E-state index >= 15 is 0 Å². The van der Waals surface area contributed by atoms with Crippen LogP contribution >= 0.6 is 0 Å². The molecule has 220 valence electrons. The van der Waals surface area contributed by atoms with Crippen LogP contribution < -0.4 is 0 Å². The van der Waals surface area contributed by atoms with E-state index in [1.807, 2.05) is 6.07 Å². The summed E-state index contributed by atoms with van der Waals surface area (Å²) in [6.45, 7) is 0. The molecule has 0 radical (unpaired) electrons. The lowest BCUT2D eigenvalue weighted by Gasteiger charge is -2.42. The van der Waals surface area contributed by atoms with Crippen LogP contribution in [0.4, 0.5) is 0 Å². The molecule has 11 rings (SSSR count). The van der Waals surface area contributed by atoms with Gasteiger partial charge in [-0.3, -0.25) is 0 Å². The van der Waals surface area contributed by atoms with Crippen LogP contribution in [0.15, 0.2) is 146 Å². The summed E-state index contributed by atoms with van der Waals surface area (Å²) < 4.78 is 0. The topological polar surface area (TPSA) is 47.6 Å². The van der Waals surface area contributed by atoms with Crippen LogP contribution in [0.1, 0.15) is 56.3 Å². The highest BCUT2D eigenvalue weighted by molar-refractivity contribution is 6.25. The number of hydrogen-bond donors (Lipinski definition) is 0. The Balaban J connectivity index is 1.15. The van der Waals surface area contributed by atoms with Crippen molar-refractivity contribution in [3.05, 3.63) is 190 Å². The highest BCUT2D eigenvalue weighted by Gasteiger charge is 2.41. The van der Waals surface area contributed by atoms with Gasteiger partial charge in [-0.1, -0.05) is 109 Å². The number of nitrogens with zero attached hydrogens (tertiary/aromatic N) is 2. The van der Waals surface area contributed by atoms with E-state index in [1.54, 1.807) is 0 Å². The maximum absolute atomic E-state index is 10.5. The number of fused-ring (bicyclic) bond motifs is 6. The molecule has 0 heterocycles. The van der Waals surface area contributed by atoms with Crippen LogP contribution in [0, 0.1) is 22.7 Å². The Bertz CT molecular complexity index is 2740. The molecule has 0 saturated heterocycles. The molecular weight excluding hydrogens is 581 g/mol. The third-order valence-corrected chi connectivity index (χ3v) is 10.7. The van der Waals surface area contributed by atoms with Crippen LogP contribution in [0.25, 0.3) is 54.6 Å². The summed E-state index contributed by atoms with van der Waals surface area (Å²) in [7, 11) is 0. The summed E-state index contributed by atoms with van der Waals surface area (Å²) in [6, 6.07) is 56.8. The van der Waals surface area contributed by atoms with E-state index in [2.05, 4.69) is 152 Å². The van der Waals surface area contributed by atoms with Crippen LogP contribution in [0.3, 0.4) is 0 Å². The average molecular weight is 607 g/mol. The first-order valence-corrected chi connectivity index (χ1v) is 16.4. The first kappa shape index (κ1) is 26.7. The summed E-state index contributed by atoms with van der Waals surface area (Å²) in [4.78, 5) is 0. The van der Waals surface area contributed by atoms with E-state index in [1.165, 1.54) is 65.7 Å². The van der Waals surface area contributed by atoms with Crippen molar-refractivity contribution in [1.29, 1.82) is 10.5 Å². The van der Waals surface area contributed by atoms with E-state index in [0.717, 1.165) is 22.3 Å². The second-order valence-electron chi connectivity index (χ2n) is 13.0. The minimum atomic E-state index is 0.0165. The predicted molar refractivity (Wildman–Crippen MR) is 194 cm³/mol. The molecule has 48 heavy (non-hydrogen) atoms. The van der Waals surface area contributed by atoms with Gasteiger partial charge in [-0.2, -0.15) is 10.5 Å². The summed E-state index contributed by atoms with van der Waals surface area (Å²) in [6.07, 6.45) is 0. The van der Waals surface area contributed by atoms with Gasteiger partial charge in [0.05, 0.1) is 23.3 Å². The Labute approximate surface area is 278 Å². The van der Waals surface area contributed by atoms with Gasteiger partial charge < -0.3 is 0 Å². The van der Waals surface area contributed by atoms with Gasteiger partial charge in [-0.05, 0) is 124 Å². The molecule has 3 aliphatic carbocycles. The Morgan fingerprint density at radius 1 is 0.354 bits per heavy atom. The zero-order valence-corrected chi connectivity index (χ0v) is 25.9. The third kappa shape index (κ3) is 3.66. The van der Waals surface area contributed by atoms with Gasteiger partial charge >= 0.3 is 0 Å². The second-order valence-corrected chi connectivity index (χ2v) is 13.0. The zero-order valence-electron chi connectivity index (χ0n) is 25.9. The number of rotatable bonds is 2. The lowest BCUT2D eigenvalue weighted by Crippen LogP contribution is -2.27. The monoisotopic (exact) mass is 606 g/mol. The molecule has 2 nitrogen and oxygen atoms in total. The van der Waals surface area contributed by atoms with Crippen molar-refractivity contribution in [2.24, 2.45) is 0 Å². The maximum atomic E-state index is 10.5. The van der Waals surface area contributed by atoms with E-state index in [4.69, 9.17) is 0 Å². The molecule has 0 N–H and O–H groups in total. The van der Waals surface area contributed by atoms with Gasteiger partial charge in [0.2, 0.25) is 0 Å². The Hall–Kier alpha value is -6.48. The Morgan fingerprint density at radius 3 is 1.58 bits per heavy atom. The molecule has 2 unspecified atom stereocenters. The van der Waals surface area contributed by atoms with E-state index < -0.39 is 0 Å². The number of benzene rings is 8. The minimum absolute atomic E-state index is 0.0165. The van der Waals surface area contributed by atoms with Crippen molar-refractivity contribution >= 4 is 32.3 Å². The molecule has 0 aliphatic heterocycles. The van der Waals surface area contributed by atoms with Crippen molar-refractivity contribution in [3.63, 3.8) is 0 Å². The zero-order chi connectivity index (χ0) is 31.9. The second kappa shape index (κ2) is 10.0. The van der Waals surface area contributed by atoms with Gasteiger partial charge in [0, 0.05) is 11.8 Å². The molecule has 0 aromatic heterocycles. The number of hydrogen-bond acceptors (Lipinski definition) is 2. The molecule has 0 fully saturated rings. The first-order chi connectivity index (χ1) is 23.7. The molecule has 0 saturated carbocycles. The van der Waals surface area contributed by atoms with Crippen molar-refractivity contribution < 1.29 is 0 Å². The minimum Gasteiger partial charge on any atom is -0.192 e. The van der Waals surface area contributed by atoms with Crippen molar-refractivity contribution in [3.8, 4) is 34.4 Å². The van der Waals surface area contributed by atoms with Crippen LogP contribution in [0.2, 0.25) is 0 Å². The molecule has 3 aliphatic rings. The van der Waals surface area contributed by atoms with Gasteiger partial charge in [0.25, 0.3) is 0 Å². The largest absolute Gasteiger partial charge is 0.192 e. The highest BCUT2D eigenvalue weighted by atomic mass is 14.4. The molecule has 2 bridgehead atoms. The standard InChI is InChI=1S/C46H26N2/c47-25-27-16-18-39-42(20-27)46-38-15-6-5-14-37(38)45(39)43-23-31(26-48)40(24-44(43)46)30-9-7-8-28(21-30)29-17-19-36-34-12-2-1-10-32(34)33-11-3-4-13-35(33)41(36)22-29/h1-24,45-46H. The normalized spacial score (nSPS) is 15.5. The van der Waals surface area contributed by atoms with Crippen molar-refractivity contribution in [1.82, 2.24) is 0 Å². The van der Waals surface area contributed by atoms with Crippen LogP contribution in [0.5, 0.6) is 0 Å². The van der Waals surface area contributed by atoms with Gasteiger partial charge in [0.15, 0.2) is 0 Å². The quantitative estimate of drug-likeness (QED) is 0.184. The van der Waals surface area contributed by atoms with Gasteiger partial charge in [-0.25, -0.2) is 0 Å². The highest BCUT2D eigenvalue weighted by Crippen LogP contribution is 2.56. The number of nitriles is 2. The van der Waals surface area contributed by atoms with E-state index in [0.29, 0.717) is 11.1 Å². The van der Waals surface area contributed by atoms with Crippen LogP contribution in [-0.4, -0.2) is 0 Å². The van der Waals surface area contributed by atoms with Crippen LogP contribution in [-0.2, 0) is 0 Å². The van der Waals surface area contributed by atoms with Crippen molar-refractivity contribution in [2.75, 3.05) is 0 Å². The summed E-state index contributed by atoms with van der Waals surface area (Å²) in [5, 5.41) is 27.8. The Morgan fingerprint density at radius 2 is 0.896 bits per heavy atom. The molecule has 8 aromatic rings. The molecular formula is C46H26N2. The van der Waals surface area contributed by atoms with E-state index in [9.17, 15) is 10.5 Å². The lowest BCUT2D eigenvalue weighted by molar-refractivity contribution is 0.754.